The summed E-state index contributed by atoms with van der Waals surface area (Å²) in [6.07, 6.45) is 1.06. The first-order valence-corrected chi connectivity index (χ1v) is 6.81. The molecular formula is C17H23NO. The fourth-order valence-electron chi connectivity index (χ4n) is 2.23. The molecule has 0 aliphatic heterocycles. The minimum Gasteiger partial charge on any atom is -0.497 e. The van der Waals surface area contributed by atoms with Crippen LogP contribution in [0.2, 0.25) is 0 Å². The van der Waals surface area contributed by atoms with E-state index in [9.17, 15) is 0 Å². The van der Waals surface area contributed by atoms with E-state index in [1.807, 2.05) is 6.07 Å². The van der Waals surface area contributed by atoms with Gasteiger partial charge in [0, 0.05) is 6.04 Å². The Bertz CT molecular complexity index is 574. The summed E-state index contributed by atoms with van der Waals surface area (Å²) in [5.74, 6) is 0.887. The maximum Gasteiger partial charge on any atom is 0.119 e. The van der Waals surface area contributed by atoms with E-state index in [2.05, 4.69) is 51.1 Å². The van der Waals surface area contributed by atoms with Crippen molar-refractivity contribution in [3.63, 3.8) is 0 Å². The van der Waals surface area contributed by atoms with E-state index in [0.717, 1.165) is 12.2 Å². The summed E-state index contributed by atoms with van der Waals surface area (Å²) in [6.45, 7) is 6.62. The molecule has 19 heavy (non-hydrogen) atoms. The molecule has 1 atom stereocenters. The molecular weight excluding hydrogens is 234 g/mol. The van der Waals surface area contributed by atoms with Crippen LogP contribution in [0.3, 0.4) is 0 Å². The van der Waals surface area contributed by atoms with Crippen molar-refractivity contribution >= 4 is 10.8 Å². The number of benzene rings is 2. The minimum atomic E-state index is 0.0593. The number of ether oxygens (including phenoxy) is 1. The van der Waals surface area contributed by atoms with Gasteiger partial charge in [-0.15, -0.1) is 0 Å². The maximum atomic E-state index is 6.41. The van der Waals surface area contributed by atoms with Crippen LogP contribution in [-0.2, 0) is 0 Å². The van der Waals surface area contributed by atoms with Gasteiger partial charge in [0.2, 0.25) is 0 Å². The lowest BCUT2D eigenvalue weighted by atomic mass is 9.78. The number of hydrogen-bond donors (Lipinski definition) is 1. The van der Waals surface area contributed by atoms with Gasteiger partial charge in [-0.2, -0.15) is 0 Å². The van der Waals surface area contributed by atoms with Crippen molar-refractivity contribution in [3.05, 3.63) is 42.0 Å². The molecule has 0 aliphatic carbocycles. The highest BCUT2D eigenvalue weighted by atomic mass is 16.5. The van der Waals surface area contributed by atoms with Crippen molar-refractivity contribution in [1.29, 1.82) is 0 Å². The van der Waals surface area contributed by atoms with Gasteiger partial charge >= 0.3 is 0 Å². The Balaban J connectivity index is 2.42. The standard InChI is InChI=1S/C17H23NO/c1-5-17(2,3)16(18)14-7-6-13-11-15(19-4)9-8-12(13)10-14/h6-11,16H,5,18H2,1-4H3. The SMILES string of the molecule is CCC(C)(C)C(N)c1ccc2cc(OC)ccc2c1. The Kier molecular flexibility index (Phi) is 3.81. The number of hydrogen-bond acceptors (Lipinski definition) is 2. The molecule has 0 aliphatic rings. The summed E-state index contributed by atoms with van der Waals surface area (Å²) in [6, 6.07) is 12.6. The number of rotatable bonds is 4. The third kappa shape index (κ3) is 2.74. The van der Waals surface area contributed by atoms with Crippen molar-refractivity contribution in [2.24, 2.45) is 11.1 Å². The first-order valence-electron chi connectivity index (χ1n) is 6.81. The molecule has 2 rings (SSSR count). The van der Waals surface area contributed by atoms with Crippen LogP contribution < -0.4 is 10.5 Å². The van der Waals surface area contributed by atoms with Gasteiger partial charge in [0.1, 0.15) is 5.75 Å². The van der Waals surface area contributed by atoms with Gasteiger partial charge in [0.15, 0.2) is 0 Å². The lowest BCUT2D eigenvalue weighted by molar-refractivity contribution is 0.278. The number of nitrogens with two attached hydrogens (primary N) is 1. The summed E-state index contributed by atoms with van der Waals surface area (Å²) in [5, 5.41) is 2.39. The summed E-state index contributed by atoms with van der Waals surface area (Å²) in [4.78, 5) is 0. The van der Waals surface area contributed by atoms with Crippen LogP contribution in [0.1, 0.15) is 38.8 Å². The van der Waals surface area contributed by atoms with Crippen LogP contribution in [0.5, 0.6) is 5.75 Å². The van der Waals surface area contributed by atoms with E-state index >= 15 is 0 Å². The zero-order valence-corrected chi connectivity index (χ0v) is 12.2. The fraction of sp³-hybridized carbons (Fsp3) is 0.412. The molecule has 0 bridgehead atoms. The smallest absolute Gasteiger partial charge is 0.119 e. The maximum absolute atomic E-state index is 6.41. The van der Waals surface area contributed by atoms with Gasteiger partial charge in [-0.05, 0) is 46.4 Å². The van der Waals surface area contributed by atoms with E-state index in [1.165, 1.54) is 16.3 Å². The van der Waals surface area contributed by atoms with Gasteiger partial charge in [-0.3, -0.25) is 0 Å². The summed E-state index contributed by atoms with van der Waals surface area (Å²) >= 11 is 0. The van der Waals surface area contributed by atoms with Gasteiger partial charge in [-0.1, -0.05) is 39.0 Å². The Morgan fingerprint density at radius 3 is 2.37 bits per heavy atom. The van der Waals surface area contributed by atoms with Gasteiger partial charge in [0.25, 0.3) is 0 Å². The normalized spacial score (nSPS) is 13.5. The third-order valence-corrected chi connectivity index (χ3v) is 4.18. The molecule has 1 unspecified atom stereocenters. The lowest BCUT2D eigenvalue weighted by Gasteiger charge is -2.31. The molecule has 0 amide bonds. The molecule has 0 saturated carbocycles. The summed E-state index contributed by atoms with van der Waals surface area (Å²) in [5.41, 5.74) is 7.72. The molecule has 0 spiro atoms. The minimum absolute atomic E-state index is 0.0593. The summed E-state index contributed by atoms with van der Waals surface area (Å²) < 4.78 is 5.25. The molecule has 2 nitrogen and oxygen atoms in total. The Labute approximate surface area is 115 Å². The van der Waals surface area contributed by atoms with E-state index in [4.69, 9.17) is 10.5 Å². The van der Waals surface area contributed by atoms with Gasteiger partial charge in [0.05, 0.1) is 7.11 Å². The highest BCUT2D eigenvalue weighted by molar-refractivity contribution is 5.84. The van der Waals surface area contributed by atoms with E-state index in [1.54, 1.807) is 7.11 Å². The number of methoxy groups -OCH3 is 1. The Morgan fingerprint density at radius 2 is 1.74 bits per heavy atom. The molecule has 0 heterocycles. The predicted molar refractivity (Wildman–Crippen MR) is 81.5 cm³/mol. The second-order valence-electron chi connectivity index (χ2n) is 5.79. The Morgan fingerprint density at radius 1 is 1.11 bits per heavy atom. The third-order valence-electron chi connectivity index (χ3n) is 4.18. The van der Waals surface area contributed by atoms with E-state index in [0.29, 0.717) is 0 Å². The van der Waals surface area contributed by atoms with Crippen LogP contribution in [0, 0.1) is 5.41 Å². The highest BCUT2D eigenvalue weighted by Crippen LogP contribution is 2.35. The van der Waals surface area contributed by atoms with Crippen LogP contribution in [-0.4, -0.2) is 7.11 Å². The van der Waals surface area contributed by atoms with Crippen LogP contribution in [0.25, 0.3) is 10.8 Å². The van der Waals surface area contributed by atoms with Crippen molar-refractivity contribution in [3.8, 4) is 5.75 Å². The topological polar surface area (TPSA) is 35.2 Å². The summed E-state index contributed by atoms with van der Waals surface area (Å²) in [7, 11) is 1.69. The quantitative estimate of drug-likeness (QED) is 0.887. The van der Waals surface area contributed by atoms with Crippen molar-refractivity contribution in [2.45, 2.75) is 33.2 Å². The van der Waals surface area contributed by atoms with E-state index < -0.39 is 0 Å². The average molecular weight is 257 g/mol. The molecule has 2 heteroatoms. The highest BCUT2D eigenvalue weighted by Gasteiger charge is 2.25. The van der Waals surface area contributed by atoms with Crippen LogP contribution >= 0.6 is 0 Å². The van der Waals surface area contributed by atoms with Crippen molar-refractivity contribution < 1.29 is 4.74 Å². The van der Waals surface area contributed by atoms with Crippen molar-refractivity contribution in [1.82, 2.24) is 0 Å². The second kappa shape index (κ2) is 5.22. The van der Waals surface area contributed by atoms with Gasteiger partial charge in [-0.25, -0.2) is 0 Å². The van der Waals surface area contributed by atoms with E-state index in [-0.39, 0.29) is 11.5 Å². The second-order valence-corrected chi connectivity index (χ2v) is 5.79. The molecule has 2 aromatic rings. The first kappa shape index (κ1) is 13.9. The van der Waals surface area contributed by atoms with Crippen molar-refractivity contribution in [2.75, 3.05) is 7.11 Å². The first-order chi connectivity index (χ1) is 8.97. The van der Waals surface area contributed by atoms with Crippen LogP contribution in [0.15, 0.2) is 36.4 Å². The average Bonchev–Trinajstić information content (AvgIpc) is 2.45. The zero-order chi connectivity index (χ0) is 14.0. The van der Waals surface area contributed by atoms with Gasteiger partial charge < -0.3 is 10.5 Å². The Hall–Kier alpha value is -1.54. The van der Waals surface area contributed by atoms with Crippen LogP contribution in [0.4, 0.5) is 0 Å². The molecule has 102 valence electrons. The largest absolute Gasteiger partial charge is 0.497 e. The molecule has 0 radical (unpaired) electrons. The fourth-order valence-corrected chi connectivity index (χ4v) is 2.23. The predicted octanol–water partition coefficient (Wildman–Crippen LogP) is 4.28. The number of fused-ring (bicyclic) bond motifs is 1. The zero-order valence-electron chi connectivity index (χ0n) is 12.2. The molecule has 0 fully saturated rings. The lowest BCUT2D eigenvalue weighted by Crippen LogP contribution is -2.28. The molecule has 2 N–H and O–H groups in total. The monoisotopic (exact) mass is 257 g/mol. The molecule has 2 aromatic carbocycles. The molecule has 0 aromatic heterocycles. The molecule has 0 saturated heterocycles.